The van der Waals surface area contributed by atoms with Crippen LogP contribution in [0, 0.1) is 0 Å². The van der Waals surface area contributed by atoms with Crippen LogP contribution in [0.5, 0.6) is 0 Å². The van der Waals surface area contributed by atoms with Crippen LogP contribution in [-0.2, 0) is 20.7 Å². The molecule has 0 aliphatic carbocycles. The highest BCUT2D eigenvalue weighted by Gasteiger charge is 2.20. The van der Waals surface area contributed by atoms with Crippen molar-refractivity contribution >= 4 is 23.4 Å². The maximum atomic E-state index is 12.1. The number of ether oxygens (including phenoxy) is 1. The Morgan fingerprint density at radius 1 is 1.04 bits per heavy atom. The molecule has 0 saturated carbocycles. The SMILES string of the molecule is COCCNC(=O)CN1CCN(CC(=O)NCCc2cccc(Cl)c2)CC1. The van der Waals surface area contributed by atoms with Gasteiger partial charge in [-0.25, -0.2) is 0 Å². The third-order valence-electron chi connectivity index (χ3n) is 4.45. The summed E-state index contributed by atoms with van der Waals surface area (Å²) in [5.74, 6) is 0.0436. The van der Waals surface area contributed by atoms with E-state index < -0.39 is 0 Å². The van der Waals surface area contributed by atoms with Gasteiger partial charge in [-0.1, -0.05) is 23.7 Å². The normalized spacial score (nSPS) is 15.5. The number of halogens is 1. The van der Waals surface area contributed by atoms with E-state index in [4.69, 9.17) is 16.3 Å². The third kappa shape index (κ3) is 8.71. The van der Waals surface area contributed by atoms with Crippen LogP contribution in [-0.4, -0.2) is 87.7 Å². The van der Waals surface area contributed by atoms with Crippen LogP contribution >= 0.6 is 11.6 Å². The average Bonchev–Trinajstić information content (AvgIpc) is 2.64. The number of benzene rings is 1. The molecule has 1 aromatic rings. The van der Waals surface area contributed by atoms with Gasteiger partial charge in [0, 0.05) is 51.4 Å². The Kier molecular flexibility index (Phi) is 9.55. The lowest BCUT2D eigenvalue weighted by Crippen LogP contribution is -2.51. The maximum absolute atomic E-state index is 12.1. The van der Waals surface area contributed by atoms with Crippen molar-refractivity contribution in [3.63, 3.8) is 0 Å². The molecule has 0 spiro atoms. The van der Waals surface area contributed by atoms with Crippen molar-refractivity contribution in [1.29, 1.82) is 0 Å². The number of nitrogens with one attached hydrogen (secondary N) is 2. The molecule has 2 amide bonds. The predicted octanol–water partition coefficient (Wildman–Crippen LogP) is 0.379. The number of rotatable bonds is 10. The first-order valence-corrected chi connectivity index (χ1v) is 9.66. The lowest BCUT2D eigenvalue weighted by atomic mass is 10.1. The van der Waals surface area contributed by atoms with Crippen LogP contribution in [0.1, 0.15) is 5.56 Å². The molecule has 2 rings (SSSR count). The fourth-order valence-corrected chi connectivity index (χ4v) is 3.17. The number of carbonyl (C=O) groups is 2. The van der Waals surface area contributed by atoms with E-state index in [-0.39, 0.29) is 11.8 Å². The van der Waals surface area contributed by atoms with Gasteiger partial charge < -0.3 is 15.4 Å². The van der Waals surface area contributed by atoms with E-state index in [1.54, 1.807) is 7.11 Å². The second-order valence-electron chi connectivity index (χ2n) is 6.62. The van der Waals surface area contributed by atoms with Gasteiger partial charge in [0.1, 0.15) is 0 Å². The summed E-state index contributed by atoms with van der Waals surface area (Å²) in [5, 5.41) is 6.49. The summed E-state index contributed by atoms with van der Waals surface area (Å²) in [5.41, 5.74) is 1.11. The minimum atomic E-state index is 0.0132. The van der Waals surface area contributed by atoms with E-state index >= 15 is 0 Å². The summed E-state index contributed by atoms with van der Waals surface area (Å²) >= 11 is 5.96. The molecule has 0 radical (unpaired) electrons. The first kappa shape index (κ1) is 21.6. The molecule has 0 unspecified atom stereocenters. The van der Waals surface area contributed by atoms with Crippen molar-refractivity contribution in [3.8, 4) is 0 Å². The Hall–Kier alpha value is -1.67. The highest BCUT2D eigenvalue weighted by molar-refractivity contribution is 6.30. The zero-order valence-corrected chi connectivity index (χ0v) is 16.6. The summed E-state index contributed by atoms with van der Waals surface area (Å²) in [4.78, 5) is 28.1. The molecule has 27 heavy (non-hydrogen) atoms. The van der Waals surface area contributed by atoms with Crippen LogP contribution in [0.4, 0.5) is 0 Å². The molecule has 0 bridgehead atoms. The van der Waals surface area contributed by atoms with Gasteiger partial charge in [-0.05, 0) is 24.1 Å². The Balaban J connectivity index is 1.58. The zero-order valence-electron chi connectivity index (χ0n) is 15.9. The van der Waals surface area contributed by atoms with E-state index in [9.17, 15) is 9.59 Å². The number of amides is 2. The zero-order chi connectivity index (χ0) is 19.5. The highest BCUT2D eigenvalue weighted by atomic mass is 35.5. The van der Waals surface area contributed by atoms with Crippen LogP contribution in [0.2, 0.25) is 5.02 Å². The van der Waals surface area contributed by atoms with Crippen molar-refractivity contribution in [3.05, 3.63) is 34.9 Å². The summed E-state index contributed by atoms with van der Waals surface area (Å²) in [6.45, 7) is 5.57. The average molecular weight is 397 g/mol. The summed E-state index contributed by atoms with van der Waals surface area (Å²) in [7, 11) is 1.61. The van der Waals surface area contributed by atoms with Gasteiger partial charge >= 0.3 is 0 Å². The summed E-state index contributed by atoms with van der Waals surface area (Å²) in [6.07, 6.45) is 0.762. The number of methoxy groups -OCH3 is 1. The molecule has 7 nitrogen and oxygen atoms in total. The summed E-state index contributed by atoms with van der Waals surface area (Å²) < 4.78 is 4.91. The van der Waals surface area contributed by atoms with Gasteiger partial charge in [0.2, 0.25) is 11.8 Å². The molecule has 1 aliphatic heterocycles. The smallest absolute Gasteiger partial charge is 0.234 e. The monoisotopic (exact) mass is 396 g/mol. The van der Waals surface area contributed by atoms with E-state index in [0.29, 0.717) is 37.8 Å². The molecule has 1 aromatic carbocycles. The first-order chi connectivity index (χ1) is 13.1. The van der Waals surface area contributed by atoms with Crippen molar-refractivity contribution in [2.75, 3.05) is 66.1 Å². The Labute approximate surface area is 166 Å². The molecule has 0 atom stereocenters. The van der Waals surface area contributed by atoms with Crippen LogP contribution < -0.4 is 10.6 Å². The molecular formula is C19H29ClN4O3. The molecular weight excluding hydrogens is 368 g/mol. The second kappa shape index (κ2) is 11.9. The predicted molar refractivity (Wildman–Crippen MR) is 106 cm³/mol. The minimum absolute atomic E-state index is 0.0132. The molecule has 8 heteroatoms. The second-order valence-corrected chi connectivity index (χ2v) is 7.06. The topological polar surface area (TPSA) is 73.9 Å². The van der Waals surface area contributed by atoms with E-state index in [1.165, 1.54) is 0 Å². The lowest BCUT2D eigenvalue weighted by Gasteiger charge is -2.33. The highest BCUT2D eigenvalue weighted by Crippen LogP contribution is 2.10. The van der Waals surface area contributed by atoms with Crippen molar-refractivity contribution in [2.45, 2.75) is 6.42 Å². The number of hydrogen-bond donors (Lipinski definition) is 2. The maximum Gasteiger partial charge on any atom is 0.234 e. The van der Waals surface area contributed by atoms with Gasteiger partial charge in [-0.2, -0.15) is 0 Å². The molecule has 2 N–H and O–H groups in total. The van der Waals surface area contributed by atoms with E-state index in [1.807, 2.05) is 24.3 Å². The first-order valence-electron chi connectivity index (χ1n) is 9.28. The van der Waals surface area contributed by atoms with Crippen LogP contribution in [0.25, 0.3) is 0 Å². The van der Waals surface area contributed by atoms with Gasteiger partial charge in [0.25, 0.3) is 0 Å². The fourth-order valence-electron chi connectivity index (χ4n) is 2.95. The van der Waals surface area contributed by atoms with Gasteiger partial charge in [0.05, 0.1) is 19.7 Å². The minimum Gasteiger partial charge on any atom is -0.383 e. The Morgan fingerprint density at radius 2 is 1.63 bits per heavy atom. The molecule has 0 aromatic heterocycles. The quantitative estimate of drug-likeness (QED) is 0.559. The molecule has 1 aliphatic rings. The Bertz CT molecular complexity index is 606. The molecule has 1 heterocycles. The number of carbonyl (C=O) groups excluding carboxylic acids is 2. The fraction of sp³-hybridized carbons (Fsp3) is 0.579. The van der Waals surface area contributed by atoms with E-state index in [0.717, 1.165) is 38.2 Å². The van der Waals surface area contributed by atoms with E-state index in [2.05, 4.69) is 20.4 Å². The number of hydrogen-bond acceptors (Lipinski definition) is 5. The molecule has 1 fully saturated rings. The van der Waals surface area contributed by atoms with Crippen LogP contribution in [0.15, 0.2) is 24.3 Å². The summed E-state index contributed by atoms with van der Waals surface area (Å²) in [6, 6.07) is 7.67. The molecule has 150 valence electrons. The standard InChI is InChI=1S/C19H29ClN4O3/c1-27-12-7-22-19(26)15-24-10-8-23(9-11-24)14-18(25)21-6-5-16-3-2-4-17(20)13-16/h2-4,13H,5-12,14-15H2,1H3,(H,21,25)(H,22,26). The van der Waals surface area contributed by atoms with Gasteiger partial charge in [-0.15, -0.1) is 0 Å². The van der Waals surface area contributed by atoms with Gasteiger partial charge in [0.15, 0.2) is 0 Å². The number of piperazine rings is 1. The number of nitrogens with zero attached hydrogens (tertiary/aromatic N) is 2. The Morgan fingerprint density at radius 3 is 2.19 bits per heavy atom. The van der Waals surface area contributed by atoms with Crippen molar-refractivity contribution < 1.29 is 14.3 Å². The van der Waals surface area contributed by atoms with Crippen molar-refractivity contribution in [2.24, 2.45) is 0 Å². The third-order valence-corrected chi connectivity index (χ3v) is 4.69. The lowest BCUT2D eigenvalue weighted by molar-refractivity contribution is -0.125. The molecule has 1 saturated heterocycles. The van der Waals surface area contributed by atoms with Gasteiger partial charge in [-0.3, -0.25) is 19.4 Å². The van der Waals surface area contributed by atoms with Crippen molar-refractivity contribution in [1.82, 2.24) is 20.4 Å². The van der Waals surface area contributed by atoms with Crippen LogP contribution in [0.3, 0.4) is 0 Å². The largest absolute Gasteiger partial charge is 0.383 e.